The normalized spacial score (nSPS) is 9.76. The third-order valence-corrected chi connectivity index (χ3v) is 1.25. The summed E-state index contributed by atoms with van der Waals surface area (Å²) < 4.78 is 34.1. The zero-order valence-corrected chi connectivity index (χ0v) is 14.9. The molecule has 0 aliphatic rings. The third-order valence-electron chi connectivity index (χ3n) is 1.25. The molecule has 0 saturated carbocycles. The average molecular weight is 291 g/mol. The molecule has 0 amide bonds. The van der Waals surface area contributed by atoms with Crippen molar-refractivity contribution in [2.75, 3.05) is 39.5 Å². The maximum atomic E-state index is 8.52. The number of hydrogen-bond acceptors (Lipinski definition) is 8. The van der Waals surface area contributed by atoms with Gasteiger partial charge >= 0.3 is 59.1 Å². The molecule has 3 N–H and O–H groups in total. The van der Waals surface area contributed by atoms with Crippen molar-refractivity contribution in [3.8, 4) is 0 Å². The first kappa shape index (κ1) is 27.1. The minimum atomic E-state index is -5.17. The summed E-state index contributed by atoms with van der Waals surface area (Å²) in [7, 11) is -5.17. The van der Waals surface area contributed by atoms with Crippen LogP contribution >= 0.6 is 0 Å². The molecule has 17 heavy (non-hydrogen) atoms. The first-order valence-corrected chi connectivity index (χ1v) is 5.40. The van der Waals surface area contributed by atoms with E-state index in [-0.39, 0.29) is 78.9 Å². The van der Waals surface area contributed by atoms with E-state index in [1.54, 1.807) is 4.90 Å². The van der Waals surface area contributed by atoms with E-state index in [0.29, 0.717) is 19.6 Å². The molecular weight excluding hydrogens is 276 g/mol. The van der Waals surface area contributed by atoms with Gasteiger partial charge in [0.25, 0.3) is 0 Å². The molecule has 0 rings (SSSR count). The van der Waals surface area contributed by atoms with E-state index < -0.39 is 10.4 Å². The summed E-state index contributed by atoms with van der Waals surface area (Å²) in [6, 6.07) is 0. The standard InChI is InChI=1S/C6H15NO3.2Na.H2O4S/c8-4-1-7(2-5-9)3-6-10;;;1-5(2,3)4/h8-10H,1-6H2;;;(H2,1,2,3,4)/q;2*+1;/p-2. The second-order valence-electron chi connectivity index (χ2n) is 2.42. The quantitative estimate of drug-likeness (QED) is 0.248. The van der Waals surface area contributed by atoms with Gasteiger partial charge in [-0.2, -0.15) is 0 Å². The molecule has 0 aliphatic carbocycles. The summed E-state index contributed by atoms with van der Waals surface area (Å²) in [5.74, 6) is 0. The van der Waals surface area contributed by atoms with E-state index in [1.165, 1.54) is 0 Å². The van der Waals surface area contributed by atoms with Crippen LogP contribution in [-0.4, -0.2) is 77.2 Å². The SMILES string of the molecule is O=S(=O)([O-])[O-].OCCN(CCO)CCO.[Na+].[Na+]. The second kappa shape index (κ2) is 17.7. The predicted molar refractivity (Wildman–Crippen MR) is 48.2 cm³/mol. The van der Waals surface area contributed by atoms with E-state index in [9.17, 15) is 0 Å². The fourth-order valence-electron chi connectivity index (χ4n) is 0.760. The van der Waals surface area contributed by atoms with Crippen LogP contribution in [0.1, 0.15) is 0 Å². The zero-order valence-electron chi connectivity index (χ0n) is 10.1. The monoisotopic (exact) mass is 291 g/mol. The summed E-state index contributed by atoms with van der Waals surface area (Å²) in [6.07, 6.45) is 0. The molecule has 0 bridgehead atoms. The summed E-state index contributed by atoms with van der Waals surface area (Å²) in [5, 5.41) is 25.5. The Balaban J connectivity index is -0.000000105. The van der Waals surface area contributed by atoms with E-state index in [0.717, 1.165) is 0 Å². The molecule has 0 aromatic carbocycles. The Morgan fingerprint density at radius 1 is 0.824 bits per heavy atom. The van der Waals surface area contributed by atoms with Gasteiger partial charge in [-0.3, -0.25) is 13.3 Å². The number of nitrogens with zero attached hydrogens (tertiary/aromatic N) is 1. The molecule has 0 aromatic rings. The van der Waals surface area contributed by atoms with Crippen LogP contribution in [0, 0.1) is 0 Å². The largest absolute Gasteiger partial charge is 1.00 e. The van der Waals surface area contributed by atoms with Gasteiger partial charge in [0.2, 0.25) is 0 Å². The van der Waals surface area contributed by atoms with Gasteiger partial charge in [-0.25, -0.2) is 0 Å². The number of hydrogen-bond donors (Lipinski definition) is 3. The van der Waals surface area contributed by atoms with Gasteiger partial charge in [-0.05, 0) is 0 Å². The smallest absolute Gasteiger partial charge is 0.759 e. The Labute approximate surface area is 145 Å². The Hall–Kier alpha value is 1.71. The summed E-state index contributed by atoms with van der Waals surface area (Å²) >= 11 is 0. The summed E-state index contributed by atoms with van der Waals surface area (Å²) in [5.41, 5.74) is 0. The first-order valence-electron chi connectivity index (χ1n) is 4.06. The van der Waals surface area contributed by atoms with Crippen LogP contribution in [0.25, 0.3) is 0 Å². The Bertz CT molecular complexity index is 204. The van der Waals surface area contributed by atoms with Crippen molar-refractivity contribution in [3.63, 3.8) is 0 Å². The molecule has 0 spiro atoms. The third kappa shape index (κ3) is 38.1. The van der Waals surface area contributed by atoms with Crippen LogP contribution in [0.15, 0.2) is 0 Å². The van der Waals surface area contributed by atoms with Crippen LogP contribution < -0.4 is 59.1 Å². The van der Waals surface area contributed by atoms with Crippen LogP contribution in [0.2, 0.25) is 0 Å². The van der Waals surface area contributed by atoms with Crippen LogP contribution in [0.3, 0.4) is 0 Å². The number of rotatable bonds is 6. The number of aliphatic hydroxyl groups excluding tert-OH is 3. The molecule has 11 heteroatoms. The molecule has 8 nitrogen and oxygen atoms in total. The van der Waals surface area contributed by atoms with Gasteiger partial charge in [0.15, 0.2) is 0 Å². The van der Waals surface area contributed by atoms with Crippen molar-refractivity contribution in [2.24, 2.45) is 0 Å². The summed E-state index contributed by atoms with van der Waals surface area (Å²) in [6.45, 7) is 1.75. The molecule has 0 atom stereocenters. The van der Waals surface area contributed by atoms with Crippen molar-refractivity contribution in [1.29, 1.82) is 0 Å². The molecule has 0 fully saturated rings. The average Bonchev–Trinajstić information content (AvgIpc) is 2.02. The minimum absolute atomic E-state index is 0. The molecule has 94 valence electrons. The Kier molecular flexibility index (Phi) is 28.3. The van der Waals surface area contributed by atoms with Gasteiger partial charge in [0.05, 0.1) is 19.8 Å². The Morgan fingerprint density at radius 2 is 1.00 bits per heavy atom. The molecule has 0 heterocycles. The van der Waals surface area contributed by atoms with E-state index in [4.69, 9.17) is 32.8 Å². The fraction of sp³-hybridized carbons (Fsp3) is 1.00. The van der Waals surface area contributed by atoms with Gasteiger partial charge in [-0.15, -0.1) is 0 Å². The van der Waals surface area contributed by atoms with Gasteiger partial charge < -0.3 is 24.4 Å². The van der Waals surface area contributed by atoms with E-state index >= 15 is 0 Å². The zero-order chi connectivity index (χ0) is 12.3. The molecule has 0 aromatic heterocycles. The van der Waals surface area contributed by atoms with Crippen molar-refractivity contribution in [2.45, 2.75) is 0 Å². The van der Waals surface area contributed by atoms with Crippen molar-refractivity contribution in [1.82, 2.24) is 4.90 Å². The summed E-state index contributed by atoms with van der Waals surface area (Å²) in [4.78, 5) is 1.79. The van der Waals surface area contributed by atoms with E-state index in [1.807, 2.05) is 0 Å². The molecule has 0 aliphatic heterocycles. The number of aliphatic hydroxyl groups is 3. The van der Waals surface area contributed by atoms with Gasteiger partial charge in [-0.1, -0.05) is 0 Å². The predicted octanol–water partition coefficient (Wildman–Crippen LogP) is -9.06. The van der Waals surface area contributed by atoms with Gasteiger partial charge in [0, 0.05) is 30.0 Å². The van der Waals surface area contributed by atoms with Crippen molar-refractivity contribution in [3.05, 3.63) is 0 Å². The van der Waals surface area contributed by atoms with Crippen molar-refractivity contribution >= 4 is 10.4 Å². The molecule has 0 saturated heterocycles. The maximum Gasteiger partial charge on any atom is 1.00 e. The topological polar surface area (TPSA) is 144 Å². The fourth-order valence-corrected chi connectivity index (χ4v) is 0.760. The van der Waals surface area contributed by atoms with Gasteiger partial charge in [0.1, 0.15) is 0 Å². The molecule has 0 unspecified atom stereocenters. The van der Waals surface area contributed by atoms with Crippen molar-refractivity contribution < 1.29 is 92.0 Å². The minimum Gasteiger partial charge on any atom is -0.759 e. The molecular formula is C6H15NNa2O7S. The first-order chi connectivity index (χ1) is 6.85. The maximum absolute atomic E-state index is 8.52. The Morgan fingerprint density at radius 3 is 1.12 bits per heavy atom. The van der Waals surface area contributed by atoms with Crippen LogP contribution in [0.4, 0.5) is 0 Å². The second-order valence-corrected chi connectivity index (χ2v) is 3.24. The molecule has 0 radical (unpaired) electrons. The van der Waals surface area contributed by atoms with Crippen LogP contribution in [-0.2, 0) is 10.4 Å². The van der Waals surface area contributed by atoms with Crippen LogP contribution in [0.5, 0.6) is 0 Å². The van der Waals surface area contributed by atoms with E-state index in [2.05, 4.69) is 0 Å².